The Morgan fingerprint density at radius 2 is 2.00 bits per heavy atom. The molecule has 1 heterocycles. The molecule has 0 radical (unpaired) electrons. The quantitative estimate of drug-likeness (QED) is 0.573. The molecule has 0 amide bonds. The molecule has 0 unspecified atom stereocenters. The summed E-state index contributed by atoms with van der Waals surface area (Å²) in [6.07, 6.45) is 8.08. The molecule has 3 nitrogen and oxygen atoms in total. The Hall–Kier alpha value is -0.260. The van der Waals surface area contributed by atoms with E-state index >= 15 is 0 Å². The van der Waals surface area contributed by atoms with Crippen molar-refractivity contribution >= 4 is 34.5 Å². The van der Waals surface area contributed by atoms with Crippen LogP contribution in [0.15, 0.2) is 9.98 Å². The van der Waals surface area contributed by atoms with Crippen LogP contribution in [0, 0.1) is 11.3 Å². The molecule has 1 aliphatic carbocycles. The van der Waals surface area contributed by atoms with Gasteiger partial charge in [-0.25, -0.2) is 4.99 Å². The number of nitrogens with zero attached hydrogens (tertiary/aromatic N) is 2. The third-order valence-corrected chi connectivity index (χ3v) is 6.88. The molecule has 108 valence electrons. The van der Waals surface area contributed by atoms with Crippen molar-refractivity contribution in [3.8, 4) is 0 Å². The van der Waals surface area contributed by atoms with Crippen LogP contribution in [0.5, 0.6) is 0 Å². The Morgan fingerprint density at radius 1 is 1.32 bits per heavy atom. The first-order valence-electron chi connectivity index (χ1n) is 7.36. The molecule has 0 aromatic rings. The van der Waals surface area contributed by atoms with Crippen molar-refractivity contribution in [1.82, 2.24) is 5.32 Å². The molecule has 2 rings (SSSR count). The van der Waals surface area contributed by atoms with E-state index in [1.54, 1.807) is 0 Å². The molecule has 0 spiro atoms. The van der Waals surface area contributed by atoms with E-state index in [9.17, 15) is 0 Å². The second-order valence-electron chi connectivity index (χ2n) is 6.53. The zero-order chi connectivity index (χ0) is 13.9. The van der Waals surface area contributed by atoms with Crippen LogP contribution >= 0.6 is 20.7 Å². The summed E-state index contributed by atoms with van der Waals surface area (Å²) in [4.78, 5) is 9.35. The minimum Gasteiger partial charge on any atom is -0.345 e. The first kappa shape index (κ1) is 15.1. The van der Waals surface area contributed by atoms with Gasteiger partial charge in [0.1, 0.15) is 0 Å². The second kappa shape index (κ2) is 6.46. The average Bonchev–Trinajstić information content (AvgIpc) is 2.38. The second-order valence-corrected chi connectivity index (χ2v) is 9.33. The van der Waals surface area contributed by atoms with Crippen LogP contribution in [0.1, 0.15) is 59.8 Å². The SMILES string of the molecule is CCC1=IC(=NC2CCC(C(C)(C)C)CC2)N=CN1. The first-order chi connectivity index (χ1) is 8.99. The Bertz CT molecular complexity index is 396. The zero-order valence-electron chi connectivity index (χ0n) is 12.5. The Balaban J connectivity index is 1.94. The number of rotatable bonds is 2. The maximum Gasteiger partial charge on any atom is 0.183 e. The minimum atomic E-state index is -0.121. The van der Waals surface area contributed by atoms with Crippen LogP contribution in [-0.4, -0.2) is 19.9 Å². The molecular weight excluding hydrogens is 349 g/mol. The number of nitrogens with one attached hydrogen (secondary N) is 1. The third-order valence-electron chi connectivity index (χ3n) is 4.11. The summed E-state index contributed by atoms with van der Waals surface area (Å²) >= 11 is -0.121. The molecule has 1 saturated carbocycles. The van der Waals surface area contributed by atoms with Crippen LogP contribution in [0.4, 0.5) is 0 Å². The van der Waals surface area contributed by atoms with Gasteiger partial charge in [-0.1, -0.05) is 27.7 Å². The third kappa shape index (κ3) is 4.36. The molecule has 4 heteroatoms. The fraction of sp³-hybridized carbons (Fsp3) is 0.800. The molecule has 19 heavy (non-hydrogen) atoms. The van der Waals surface area contributed by atoms with E-state index < -0.39 is 0 Å². The van der Waals surface area contributed by atoms with E-state index in [1.807, 2.05) is 6.34 Å². The highest BCUT2D eigenvalue weighted by Crippen LogP contribution is 2.38. The Labute approximate surface area is 127 Å². The number of amidine groups is 1. The molecule has 0 saturated heterocycles. The molecule has 0 bridgehead atoms. The lowest BCUT2D eigenvalue weighted by molar-refractivity contribution is 0.170. The predicted molar refractivity (Wildman–Crippen MR) is 93.6 cm³/mol. The van der Waals surface area contributed by atoms with Gasteiger partial charge in [-0.2, -0.15) is 0 Å². The van der Waals surface area contributed by atoms with Crippen molar-refractivity contribution in [3.63, 3.8) is 0 Å². The fourth-order valence-electron chi connectivity index (χ4n) is 2.76. The van der Waals surface area contributed by atoms with E-state index in [2.05, 4.69) is 38.0 Å². The van der Waals surface area contributed by atoms with E-state index in [0.29, 0.717) is 11.5 Å². The lowest BCUT2D eigenvalue weighted by atomic mass is 9.71. The summed E-state index contributed by atoms with van der Waals surface area (Å²) in [7, 11) is 0. The minimum absolute atomic E-state index is 0.121. The van der Waals surface area contributed by atoms with Gasteiger partial charge >= 0.3 is 0 Å². The smallest absolute Gasteiger partial charge is 0.183 e. The lowest BCUT2D eigenvalue weighted by Gasteiger charge is -2.35. The number of halogens is 1. The summed E-state index contributed by atoms with van der Waals surface area (Å²) in [6.45, 7) is 9.31. The topological polar surface area (TPSA) is 36.8 Å². The van der Waals surface area contributed by atoms with Gasteiger partial charge in [-0.15, -0.1) is 0 Å². The van der Waals surface area contributed by atoms with Crippen molar-refractivity contribution in [1.29, 1.82) is 0 Å². The van der Waals surface area contributed by atoms with E-state index in [1.165, 1.54) is 29.3 Å². The van der Waals surface area contributed by atoms with Crippen LogP contribution in [0.25, 0.3) is 0 Å². The van der Waals surface area contributed by atoms with E-state index in [0.717, 1.165) is 16.2 Å². The van der Waals surface area contributed by atoms with Crippen molar-refractivity contribution in [2.45, 2.75) is 65.8 Å². The molecule has 0 aromatic heterocycles. The standard InChI is InChI=1S/C15H26IN3/c1-5-13-16-14(18-10-17-13)19-12-8-6-11(7-9-12)15(2,3)4/h10-12H,5-9H2,1-4H3,(H,17,18,19). The molecule has 1 fully saturated rings. The van der Waals surface area contributed by atoms with Gasteiger partial charge in [-0.3, -0.25) is 4.99 Å². The molecule has 1 aliphatic heterocycles. The fourth-order valence-corrected chi connectivity index (χ4v) is 4.83. The van der Waals surface area contributed by atoms with E-state index in [-0.39, 0.29) is 20.7 Å². The normalized spacial score (nSPS) is 30.5. The monoisotopic (exact) mass is 375 g/mol. The van der Waals surface area contributed by atoms with Gasteiger partial charge in [0.05, 0.1) is 16.0 Å². The highest BCUT2D eigenvalue weighted by atomic mass is 127. The maximum atomic E-state index is 4.92. The number of hydrogen-bond donors (Lipinski definition) is 1. The first-order valence-corrected chi connectivity index (χ1v) is 9.52. The molecular formula is C15H26IN3. The maximum absolute atomic E-state index is 4.92. The lowest BCUT2D eigenvalue weighted by Crippen LogP contribution is -2.28. The summed E-state index contributed by atoms with van der Waals surface area (Å²) in [5.74, 6) is 0.868. The van der Waals surface area contributed by atoms with E-state index in [4.69, 9.17) is 4.99 Å². The number of hydrogen-bond acceptors (Lipinski definition) is 2. The van der Waals surface area contributed by atoms with Gasteiger partial charge in [0, 0.05) is 0 Å². The van der Waals surface area contributed by atoms with Crippen LogP contribution < -0.4 is 5.32 Å². The molecule has 0 aromatic carbocycles. The number of aliphatic imine (C=N–C) groups is 2. The highest BCUT2D eigenvalue weighted by molar-refractivity contribution is 14.2. The summed E-state index contributed by atoms with van der Waals surface area (Å²) in [6, 6.07) is 0.529. The van der Waals surface area contributed by atoms with Crippen molar-refractivity contribution < 1.29 is 0 Å². The largest absolute Gasteiger partial charge is 0.345 e. The van der Waals surface area contributed by atoms with Gasteiger partial charge in [0.25, 0.3) is 0 Å². The molecule has 1 N–H and O–H groups in total. The van der Waals surface area contributed by atoms with Crippen molar-refractivity contribution in [2.24, 2.45) is 21.3 Å². The molecule has 0 atom stereocenters. The predicted octanol–water partition coefficient (Wildman–Crippen LogP) is 4.09. The zero-order valence-corrected chi connectivity index (χ0v) is 14.7. The Kier molecular flexibility index (Phi) is 5.15. The summed E-state index contributed by atoms with van der Waals surface area (Å²) < 4.78 is 2.57. The van der Waals surface area contributed by atoms with Crippen LogP contribution in [0.2, 0.25) is 0 Å². The van der Waals surface area contributed by atoms with Crippen molar-refractivity contribution in [3.05, 3.63) is 0 Å². The van der Waals surface area contributed by atoms with Crippen LogP contribution in [0.3, 0.4) is 0 Å². The molecule has 2 aliphatic rings. The summed E-state index contributed by atoms with van der Waals surface area (Å²) in [5.41, 5.74) is 0.459. The van der Waals surface area contributed by atoms with Crippen molar-refractivity contribution in [2.75, 3.05) is 0 Å². The summed E-state index contributed by atoms with van der Waals surface area (Å²) in [5, 5.41) is 3.26. The van der Waals surface area contributed by atoms with Gasteiger partial charge in [0.15, 0.2) is 3.84 Å². The highest BCUT2D eigenvalue weighted by Gasteiger charge is 2.29. The Morgan fingerprint density at radius 3 is 2.58 bits per heavy atom. The van der Waals surface area contributed by atoms with Crippen LogP contribution in [-0.2, 0) is 0 Å². The van der Waals surface area contributed by atoms with Gasteiger partial charge in [-0.05, 0) is 64.2 Å². The average molecular weight is 375 g/mol. The van der Waals surface area contributed by atoms with Gasteiger partial charge in [0.2, 0.25) is 0 Å². The van der Waals surface area contributed by atoms with Gasteiger partial charge < -0.3 is 5.32 Å².